The van der Waals surface area contributed by atoms with E-state index in [0.29, 0.717) is 0 Å². The molecule has 5 heteroatoms. The molecule has 1 unspecified atom stereocenters. The molecule has 31 heavy (non-hydrogen) atoms. The highest BCUT2D eigenvalue weighted by molar-refractivity contribution is 5.94. The number of hydrogen-bond acceptors (Lipinski definition) is 4. The average molecular weight is 416 g/mol. The predicted molar refractivity (Wildman–Crippen MR) is 125 cm³/mol. The molecular weight excluding hydrogens is 386 g/mol. The summed E-state index contributed by atoms with van der Waals surface area (Å²) in [5.41, 5.74) is 4.21. The molecule has 1 saturated heterocycles. The summed E-state index contributed by atoms with van der Waals surface area (Å²) in [6, 6.07) is 28.0. The molecule has 4 rings (SSSR count). The van der Waals surface area contributed by atoms with Gasteiger partial charge in [0.15, 0.2) is 0 Å². The van der Waals surface area contributed by atoms with Crippen molar-refractivity contribution in [3.8, 4) is 0 Å². The number of carbonyl (C=O) groups is 1. The number of benzene rings is 3. The lowest BCUT2D eigenvalue weighted by atomic mass is 9.98. The first-order valence-corrected chi connectivity index (χ1v) is 10.8. The van der Waals surface area contributed by atoms with Crippen molar-refractivity contribution in [1.82, 2.24) is 5.32 Å². The molecule has 3 aromatic rings. The standard InChI is InChI=1S/C26H29N3O2/c1-20(27-25(21-8-4-2-5-9-21)22-10-6-3-7-11-22)26(30)28-23-12-14-24(15-13-23)29-16-18-31-19-17-29/h2-15,20,25,27H,16-19H2,1H3,(H,28,30). The van der Waals surface area contributed by atoms with E-state index in [9.17, 15) is 4.79 Å². The minimum absolute atomic E-state index is 0.0593. The molecule has 0 aliphatic carbocycles. The second-order valence-electron chi connectivity index (χ2n) is 7.78. The Kier molecular flexibility index (Phi) is 6.97. The maximum Gasteiger partial charge on any atom is 0.241 e. The van der Waals surface area contributed by atoms with Gasteiger partial charge in [0.1, 0.15) is 0 Å². The Balaban J connectivity index is 1.42. The zero-order valence-corrected chi connectivity index (χ0v) is 17.8. The van der Waals surface area contributed by atoms with Gasteiger partial charge in [-0.05, 0) is 42.3 Å². The van der Waals surface area contributed by atoms with E-state index in [0.717, 1.165) is 48.8 Å². The highest BCUT2D eigenvalue weighted by Crippen LogP contribution is 2.23. The Hall–Kier alpha value is -3.15. The van der Waals surface area contributed by atoms with E-state index >= 15 is 0 Å². The molecule has 3 aromatic carbocycles. The summed E-state index contributed by atoms with van der Waals surface area (Å²) in [7, 11) is 0. The van der Waals surface area contributed by atoms with E-state index in [-0.39, 0.29) is 18.0 Å². The van der Waals surface area contributed by atoms with Crippen LogP contribution in [0.3, 0.4) is 0 Å². The van der Waals surface area contributed by atoms with Crippen molar-refractivity contribution < 1.29 is 9.53 Å². The molecule has 1 amide bonds. The number of carbonyl (C=O) groups excluding carboxylic acids is 1. The molecule has 0 radical (unpaired) electrons. The van der Waals surface area contributed by atoms with Crippen LogP contribution in [0.5, 0.6) is 0 Å². The summed E-state index contributed by atoms with van der Waals surface area (Å²) in [5, 5.41) is 6.53. The van der Waals surface area contributed by atoms with Gasteiger partial charge in [-0.25, -0.2) is 0 Å². The lowest BCUT2D eigenvalue weighted by Crippen LogP contribution is -2.40. The van der Waals surface area contributed by atoms with Crippen LogP contribution in [0.2, 0.25) is 0 Å². The number of morpholine rings is 1. The summed E-state index contributed by atoms with van der Waals surface area (Å²) in [4.78, 5) is 15.2. The molecule has 1 aliphatic rings. The van der Waals surface area contributed by atoms with Crippen LogP contribution in [0.15, 0.2) is 84.9 Å². The molecule has 0 saturated carbocycles. The monoisotopic (exact) mass is 415 g/mol. The number of anilines is 2. The fourth-order valence-electron chi connectivity index (χ4n) is 3.83. The van der Waals surface area contributed by atoms with Gasteiger partial charge in [-0.15, -0.1) is 0 Å². The fourth-order valence-corrected chi connectivity index (χ4v) is 3.83. The molecule has 5 nitrogen and oxygen atoms in total. The third-order valence-corrected chi connectivity index (χ3v) is 5.59. The van der Waals surface area contributed by atoms with Gasteiger partial charge >= 0.3 is 0 Å². The molecule has 2 N–H and O–H groups in total. The largest absolute Gasteiger partial charge is 0.378 e. The number of ether oxygens (including phenoxy) is 1. The van der Waals surface area contributed by atoms with Crippen molar-refractivity contribution in [3.63, 3.8) is 0 Å². The molecule has 160 valence electrons. The Labute approximate surface area is 184 Å². The van der Waals surface area contributed by atoms with Crippen molar-refractivity contribution in [2.24, 2.45) is 0 Å². The first-order valence-electron chi connectivity index (χ1n) is 10.8. The van der Waals surface area contributed by atoms with E-state index in [2.05, 4.69) is 51.9 Å². The van der Waals surface area contributed by atoms with Gasteiger partial charge in [0, 0.05) is 24.5 Å². The maximum absolute atomic E-state index is 12.9. The van der Waals surface area contributed by atoms with Crippen molar-refractivity contribution in [1.29, 1.82) is 0 Å². The van der Waals surface area contributed by atoms with Crippen LogP contribution in [0.1, 0.15) is 24.1 Å². The molecule has 0 aromatic heterocycles. The average Bonchev–Trinajstić information content (AvgIpc) is 2.84. The molecule has 0 spiro atoms. The van der Waals surface area contributed by atoms with Crippen molar-refractivity contribution >= 4 is 17.3 Å². The number of nitrogens with one attached hydrogen (secondary N) is 2. The Bertz CT molecular complexity index is 915. The summed E-state index contributed by atoms with van der Waals surface area (Å²) in [6.07, 6.45) is 0. The number of rotatable bonds is 7. The van der Waals surface area contributed by atoms with Gasteiger partial charge in [-0.2, -0.15) is 0 Å². The Morgan fingerprint density at radius 1 is 0.839 bits per heavy atom. The smallest absolute Gasteiger partial charge is 0.241 e. The molecule has 1 fully saturated rings. The minimum atomic E-state index is -0.371. The number of amides is 1. The van der Waals surface area contributed by atoms with Gasteiger partial charge in [-0.3, -0.25) is 10.1 Å². The molecule has 1 aliphatic heterocycles. The van der Waals surface area contributed by atoms with Crippen LogP contribution >= 0.6 is 0 Å². The van der Waals surface area contributed by atoms with Crippen LogP contribution in [0.25, 0.3) is 0 Å². The quantitative estimate of drug-likeness (QED) is 0.606. The normalized spacial score (nSPS) is 15.0. The fraction of sp³-hybridized carbons (Fsp3) is 0.269. The zero-order valence-electron chi connectivity index (χ0n) is 17.8. The van der Waals surface area contributed by atoms with Crippen LogP contribution in [-0.2, 0) is 9.53 Å². The van der Waals surface area contributed by atoms with Gasteiger partial charge in [0.2, 0.25) is 5.91 Å². The van der Waals surface area contributed by atoms with Crippen LogP contribution in [0.4, 0.5) is 11.4 Å². The van der Waals surface area contributed by atoms with Crippen LogP contribution in [-0.4, -0.2) is 38.3 Å². The van der Waals surface area contributed by atoms with E-state index < -0.39 is 0 Å². The van der Waals surface area contributed by atoms with Crippen LogP contribution < -0.4 is 15.5 Å². The molecule has 1 heterocycles. The third-order valence-electron chi connectivity index (χ3n) is 5.59. The van der Waals surface area contributed by atoms with Crippen molar-refractivity contribution in [2.45, 2.75) is 19.0 Å². The second-order valence-corrected chi connectivity index (χ2v) is 7.78. The Morgan fingerprint density at radius 2 is 1.39 bits per heavy atom. The second kappa shape index (κ2) is 10.2. The number of hydrogen-bond donors (Lipinski definition) is 2. The molecule has 0 bridgehead atoms. The van der Waals surface area contributed by atoms with Gasteiger partial charge < -0.3 is 15.0 Å². The van der Waals surface area contributed by atoms with E-state index in [1.807, 2.05) is 55.5 Å². The van der Waals surface area contributed by atoms with Gasteiger partial charge in [0.05, 0.1) is 25.3 Å². The van der Waals surface area contributed by atoms with E-state index in [1.54, 1.807) is 0 Å². The summed E-state index contributed by atoms with van der Waals surface area (Å²) in [6.45, 7) is 5.20. The zero-order chi connectivity index (χ0) is 21.5. The topological polar surface area (TPSA) is 53.6 Å². The first-order chi connectivity index (χ1) is 15.2. The highest BCUT2D eigenvalue weighted by atomic mass is 16.5. The predicted octanol–water partition coefficient (Wildman–Crippen LogP) is 4.23. The van der Waals surface area contributed by atoms with Crippen molar-refractivity contribution in [2.75, 3.05) is 36.5 Å². The number of nitrogens with zero attached hydrogens (tertiary/aromatic N) is 1. The maximum atomic E-state index is 12.9. The van der Waals surface area contributed by atoms with Crippen LogP contribution in [0, 0.1) is 0 Å². The summed E-state index contributed by atoms with van der Waals surface area (Å²) < 4.78 is 5.41. The van der Waals surface area contributed by atoms with Gasteiger partial charge in [0.25, 0.3) is 0 Å². The SMILES string of the molecule is CC(NC(c1ccccc1)c1ccccc1)C(=O)Nc1ccc(N2CCOCC2)cc1. The lowest BCUT2D eigenvalue weighted by Gasteiger charge is -2.29. The van der Waals surface area contributed by atoms with E-state index in [4.69, 9.17) is 4.74 Å². The lowest BCUT2D eigenvalue weighted by molar-refractivity contribution is -0.117. The minimum Gasteiger partial charge on any atom is -0.378 e. The first kappa shape index (κ1) is 21.1. The molecule has 1 atom stereocenters. The molecular formula is C26H29N3O2. The third kappa shape index (κ3) is 5.51. The highest BCUT2D eigenvalue weighted by Gasteiger charge is 2.21. The van der Waals surface area contributed by atoms with E-state index in [1.165, 1.54) is 0 Å². The Morgan fingerprint density at radius 3 is 1.94 bits per heavy atom. The van der Waals surface area contributed by atoms with Gasteiger partial charge in [-0.1, -0.05) is 60.7 Å². The summed E-state index contributed by atoms with van der Waals surface area (Å²) in [5.74, 6) is -0.0593. The summed E-state index contributed by atoms with van der Waals surface area (Å²) >= 11 is 0. The van der Waals surface area contributed by atoms with Crippen molar-refractivity contribution in [3.05, 3.63) is 96.1 Å².